The van der Waals surface area contributed by atoms with Crippen molar-refractivity contribution in [2.45, 2.75) is 13.8 Å². The van der Waals surface area contributed by atoms with Crippen molar-refractivity contribution in [3.8, 4) is 0 Å². The fourth-order valence-electron chi connectivity index (χ4n) is 1.72. The Morgan fingerprint density at radius 3 is 2.58 bits per heavy atom. The van der Waals surface area contributed by atoms with Gasteiger partial charge in [0.2, 0.25) is 0 Å². The van der Waals surface area contributed by atoms with Crippen molar-refractivity contribution in [1.29, 1.82) is 0 Å². The minimum absolute atomic E-state index is 0.190. The number of nitrogen functional groups attached to an aromatic ring is 1. The fraction of sp³-hybridized carbons (Fsp3) is 0.250. The molecule has 1 aromatic rings. The van der Waals surface area contributed by atoms with Gasteiger partial charge in [0.1, 0.15) is 6.54 Å². The number of aliphatic hydroxyl groups excluding tert-OH is 1. The molecule has 5 N–H and O–H groups in total. The lowest BCUT2D eigenvalue weighted by molar-refractivity contribution is -0.589. The van der Waals surface area contributed by atoms with Gasteiger partial charge in [-0.05, 0) is 48.8 Å². The van der Waals surface area contributed by atoms with Gasteiger partial charge in [-0.3, -0.25) is 0 Å². The van der Waals surface area contributed by atoms with Gasteiger partial charge in [0.15, 0.2) is 0 Å². The second kappa shape index (κ2) is 8.29. The Bertz CT molecular complexity index is 470. The van der Waals surface area contributed by atoms with Gasteiger partial charge in [0.25, 0.3) is 0 Å². The van der Waals surface area contributed by atoms with Crippen molar-refractivity contribution in [3.63, 3.8) is 0 Å². The van der Waals surface area contributed by atoms with E-state index in [1.807, 2.05) is 42.7 Å². The molecule has 0 aromatic heterocycles. The Labute approximate surface area is 115 Å². The summed E-state index contributed by atoms with van der Waals surface area (Å²) in [5.74, 6) is 0. The van der Waals surface area contributed by atoms with Gasteiger partial charge in [-0.25, -0.2) is 0 Å². The molecule has 1 rings (SSSR count). The molecule has 0 aliphatic heterocycles. The molecule has 0 fully saturated rings. The lowest BCUT2D eigenvalue weighted by atomic mass is 10.0. The minimum atomic E-state index is 0.190. The summed E-state index contributed by atoms with van der Waals surface area (Å²) in [5, 5.41) is 10.7. The fourth-order valence-corrected chi connectivity index (χ4v) is 1.72. The van der Waals surface area contributed by atoms with E-state index in [2.05, 4.69) is 25.2 Å². The van der Waals surface area contributed by atoms with Crippen LogP contribution in [0, 0.1) is 0 Å². The molecule has 0 saturated heterocycles. The summed E-state index contributed by atoms with van der Waals surface area (Å²) in [6.45, 7) is 4.98. The van der Waals surface area contributed by atoms with Crippen LogP contribution in [0.2, 0.25) is 0 Å². The molecule has 0 heterocycles. The maximum Gasteiger partial charge on any atom is 0.103 e. The Kier molecular flexibility index (Phi) is 6.64. The molecule has 0 spiro atoms. The van der Waals surface area contributed by atoms with Crippen molar-refractivity contribution in [2.75, 3.05) is 18.9 Å². The highest BCUT2D eigenvalue weighted by atomic mass is 16.3. The van der Waals surface area contributed by atoms with Gasteiger partial charge in [-0.15, -0.1) is 0 Å². The Morgan fingerprint density at radius 1 is 1.32 bits per heavy atom. The molecule has 1 aromatic carbocycles. The van der Waals surface area contributed by atoms with Crippen LogP contribution in [0.25, 0.3) is 6.08 Å². The average molecular weight is 259 g/mol. The van der Waals surface area contributed by atoms with Crippen LogP contribution in [0.1, 0.15) is 19.4 Å². The molecule has 0 atom stereocenters. The highest BCUT2D eigenvalue weighted by Gasteiger charge is 1.96. The van der Waals surface area contributed by atoms with Crippen molar-refractivity contribution < 1.29 is 10.4 Å². The molecule has 0 saturated carbocycles. The Hall–Kier alpha value is -1.84. The first kappa shape index (κ1) is 15.2. The quantitative estimate of drug-likeness (QED) is 0.413. The summed E-state index contributed by atoms with van der Waals surface area (Å²) >= 11 is 0. The highest BCUT2D eigenvalue weighted by Crippen LogP contribution is 2.16. The standard InChI is InChI=1S/C16H22N2O/c1-3-15(8-9-18-10-11-19)13(2)12-14-4-6-16(17)7-5-14/h3-9,12,18-19H,10-11,17H2,1-2H3/p+1/b9-8-,13-12+,15-3+. The predicted molar refractivity (Wildman–Crippen MR) is 81.3 cm³/mol. The van der Waals surface area contributed by atoms with Gasteiger partial charge in [0.05, 0.1) is 12.8 Å². The zero-order valence-corrected chi connectivity index (χ0v) is 11.6. The van der Waals surface area contributed by atoms with Crippen molar-refractivity contribution >= 4 is 11.8 Å². The zero-order valence-electron chi connectivity index (χ0n) is 11.6. The van der Waals surface area contributed by atoms with Crippen LogP contribution in [-0.2, 0) is 0 Å². The second-order valence-corrected chi connectivity index (χ2v) is 4.35. The van der Waals surface area contributed by atoms with Gasteiger partial charge >= 0.3 is 0 Å². The van der Waals surface area contributed by atoms with E-state index in [9.17, 15) is 0 Å². The van der Waals surface area contributed by atoms with Crippen LogP contribution in [0.4, 0.5) is 5.69 Å². The minimum Gasteiger partial charge on any atom is -0.399 e. The summed E-state index contributed by atoms with van der Waals surface area (Å²) in [4.78, 5) is 0. The van der Waals surface area contributed by atoms with E-state index in [0.717, 1.165) is 11.3 Å². The Balaban J connectivity index is 2.75. The third-order valence-corrected chi connectivity index (χ3v) is 2.79. The number of anilines is 1. The predicted octanol–water partition coefficient (Wildman–Crippen LogP) is 1.69. The third-order valence-electron chi connectivity index (χ3n) is 2.79. The van der Waals surface area contributed by atoms with E-state index in [4.69, 9.17) is 10.8 Å². The number of hydrogen-bond donors (Lipinski definition) is 3. The number of rotatable bonds is 6. The molecule has 0 unspecified atom stereocenters. The van der Waals surface area contributed by atoms with Crippen molar-refractivity contribution in [1.82, 2.24) is 0 Å². The SMILES string of the molecule is C/C=C(\C=C/[NH2+]CCO)C(/C)=C/c1ccc(N)cc1. The van der Waals surface area contributed by atoms with E-state index in [-0.39, 0.29) is 6.61 Å². The molecule has 102 valence electrons. The summed E-state index contributed by atoms with van der Waals surface area (Å²) in [6.07, 6.45) is 8.24. The molecule has 0 bridgehead atoms. The number of nitrogens with two attached hydrogens (primary N) is 2. The Morgan fingerprint density at radius 2 is 2.00 bits per heavy atom. The summed E-state index contributed by atoms with van der Waals surface area (Å²) in [5.41, 5.74) is 9.95. The lowest BCUT2D eigenvalue weighted by Gasteiger charge is -2.03. The average Bonchev–Trinajstić information content (AvgIpc) is 2.41. The molecule has 0 aliphatic rings. The summed E-state index contributed by atoms with van der Waals surface area (Å²) in [7, 11) is 0. The first-order valence-corrected chi connectivity index (χ1v) is 6.48. The molecular formula is C16H23N2O+. The molecule has 3 nitrogen and oxygen atoms in total. The van der Waals surface area contributed by atoms with E-state index in [1.54, 1.807) is 0 Å². The van der Waals surface area contributed by atoms with Gasteiger partial charge in [-0.1, -0.05) is 24.3 Å². The van der Waals surface area contributed by atoms with Crippen molar-refractivity contribution in [2.24, 2.45) is 0 Å². The number of aliphatic hydroxyl groups is 1. The van der Waals surface area contributed by atoms with Crippen LogP contribution in [-0.4, -0.2) is 18.3 Å². The first-order valence-electron chi connectivity index (χ1n) is 6.48. The number of quaternary nitrogens is 1. The first-order chi connectivity index (χ1) is 9.17. The number of hydrogen-bond acceptors (Lipinski definition) is 2. The number of allylic oxidation sites excluding steroid dienone is 4. The monoisotopic (exact) mass is 259 g/mol. The van der Waals surface area contributed by atoms with E-state index in [1.165, 1.54) is 11.1 Å². The lowest BCUT2D eigenvalue weighted by Crippen LogP contribution is -2.79. The molecule has 0 aliphatic carbocycles. The van der Waals surface area contributed by atoms with Crippen molar-refractivity contribution in [3.05, 3.63) is 59.3 Å². The largest absolute Gasteiger partial charge is 0.399 e. The van der Waals surface area contributed by atoms with Crippen LogP contribution >= 0.6 is 0 Å². The maximum absolute atomic E-state index is 8.71. The smallest absolute Gasteiger partial charge is 0.103 e. The maximum atomic E-state index is 8.71. The summed E-state index contributed by atoms with van der Waals surface area (Å²) < 4.78 is 0. The van der Waals surface area contributed by atoms with E-state index in [0.29, 0.717) is 6.54 Å². The topological polar surface area (TPSA) is 62.9 Å². The van der Waals surface area contributed by atoms with Crippen LogP contribution in [0.15, 0.2) is 53.8 Å². The molecule has 0 amide bonds. The van der Waals surface area contributed by atoms with Crippen LogP contribution < -0.4 is 11.1 Å². The van der Waals surface area contributed by atoms with Crippen LogP contribution in [0.5, 0.6) is 0 Å². The van der Waals surface area contributed by atoms with Gasteiger partial charge in [-0.2, -0.15) is 0 Å². The van der Waals surface area contributed by atoms with E-state index < -0.39 is 0 Å². The van der Waals surface area contributed by atoms with Gasteiger partial charge < -0.3 is 16.2 Å². The second-order valence-electron chi connectivity index (χ2n) is 4.35. The van der Waals surface area contributed by atoms with Crippen LogP contribution in [0.3, 0.4) is 0 Å². The highest BCUT2D eigenvalue weighted by molar-refractivity contribution is 5.61. The molecule has 0 radical (unpaired) electrons. The molecular weight excluding hydrogens is 236 g/mol. The third kappa shape index (κ3) is 5.55. The summed E-state index contributed by atoms with van der Waals surface area (Å²) in [6, 6.07) is 7.82. The van der Waals surface area contributed by atoms with E-state index >= 15 is 0 Å². The van der Waals surface area contributed by atoms with Gasteiger partial charge in [0, 0.05) is 5.69 Å². The normalized spacial score (nSPS) is 13.2. The molecule has 19 heavy (non-hydrogen) atoms. The number of benzene rings is 1. The molecule has 3 heteroatoms. The zero-order chi connectivity index (χ0) is 14.1.